The van der Waals surface area contributed by atoms with Crippen molar-refractivity contribution in [1.29, 1.82) is 0 Å². The van der Waals surface area contributed by atoms with Crippen LogP contribution in [0.15, 0.2) is 60.9 Å². The van der Waals surface area contributed by atoms with Crippen molar-refractivity contribution in [2.45, 2.75) is 25.3 Å². The molecule has 0 aliphatic heterocycles. The third kappa shape index (κ3) is 2.35. The van der Waals surface area contributed by atoms with Gasteiger partial charge in [0, 0.05) is 29.6 Å². The molecule has 0 unspecified atom stereocenters. The van der Waals surface area contributed by atoms with Crippen molar-refractivity contribution < 1.29 is 0 Å². The fourth-order valence-corrected chi connectivity index (χ4v) is 2.91. The number of hydrogen-bond acceptors (Lipinski definition) is 2. The smallest absolute Gasteiger partial charge is 0.0924 e. The average molecular weight is 275 g/mol. The lowest BCUT2D eigenvalue weighted by Gasteiger charge is -2.02. The Morgan fingerprint density at radius 1 is 1.10 bits per heavy atom. The van der Waals surface area contributed by atoms with Crippen LogP contribution in [-0.4, -0.2) is 14.8 Å². The first kappa shape index (κ1) is 12.3. The molecule has 0 spiro atoms. The van der Waals surface area contributed by atoms with Gasteiger partial charge < -0.3 is 0 Å². The Morgan fingerprint density at radius 3 is 2.76 bits per heavy atom. The maximum atomic E-state index is 4.75. The van der Waals surface area contributed by atoms with Crippen LogP contribution in [0.2, 0.25) is 0 Å². The van der Waals surface area contributed by atoms with E-state index in [-0.39, 0.29) is 0 Å². The molecule has 1 aliphatic rings. The second kappa shape index (κ2) is 4.85. The van der Waals surface area contributed by atoms with Crippen LogP contribution in [0.4, 0.5) is 0 Å². The number of aromatic nitrogens is 3. The lowest BCUT2D eigenvalue weighted by atomic mass is 10.1. The SMILES string of the molecule is Cc1cc(-c2ccn([C@@H]3C[C@H]3c3ccccc3)n2)ccn1. The normalized spacial score (nSPS) is 20.4. The number of hydrogen-bond donors (Lipinski definition) is 0. The van der Waals surface area contributed by atoms with Crippen LogP contribution in [0, 0.1) is 6.92 Å². The average Bonchev–Trinajstić information content (AvgIpc) is 3.17. The van der Waals surface area contributed by atoms with E-state index in [1.165, 1.54) is 12.0 Å². The maximum absolute atomic E-state index is 4.75. The van der Waals surface area contributed by atoms with Crippen LogP contribution in [0.5, 0.6) is 0 Å². The van der Waals surface area contributed by atoms with Crippen LogP contribution in [0.1, 0.15) is 29.6 Å². The highest BCUT2D eigenvalue weighted by atomic mass is 15.3. The van der Waals surface area contributed by atoms with Gasteiger partial charge in [0.15, 0.2) is 0 Å². The van der Waals surface area contributed by atoms with Crippen molar-refractivity contribution >= 4 is 0 Å². The topological polar surface area (TPSA) is 30.7 Å². The molecule has 3 heteroatoms. The van der Waals surface area contributed by atoms with E-state index in [9.17, 15) is 0 Å². The van der Waals surface area contributed by atoms with Crippen molar-refractivity contribution in [2.24, 2.45) is 0 Å². The van der Waals surface area contributed by atoms with Gasteiger partial charge in [-0.2, -0.15) is 5.10 Å². The Morgan fingerprint density at radius 2 is 1.95 bits per heavy atom. The van der Waals surface area contributed by atoms with Gasteiger partial charge in [0.05, 0.1) is 11.7 Å². The standard InChI is InChI=1S/C18H17N3/c1-13-11-15(7-9-19-13)17-8-10-21(20-17)18-12-16(18)14-5-3-2-4-6-14/h2-11,16,18H,12H2,1H3/t16-,18+/m0/s1. The molecular weight excluding hydrogens is 258 g/mol. The summed E-state index contributed by atoms with van der Waals surface area (Å²) in [7, 11) is 0. The molecule has 104 valence electrons. The van der Waals surface area contributed by atoms with Crippen LogP contribution < -0.4 is 0 Å². The van der Waals surface area contributed by atoms with Gasteiger partial charge in [-0.25, -0.2) is 0 Å². The zero-order chi connectivity index (χ0) is 14.2. The van der Waals surface area contributed by atoms with E-state index in [1.807, 2.05) is 19.2 Å². The summed E-state index contributed by atoms with van der Waals surface area (Å²) >= 11 is 0. The Bertz CT molecular complexity index is 761. The number of pyridine rings is 1. The zero-order valence-corrected chi connectivity index (χ0v) is 12.0. The molecule has 0 saturated heterocycles. The molecule has 21 heavy (non-hydrogen) atoms. The molecule has 0 radical (unpaired) electrons. The number of benzene rings is 1. The summed E-state index contributed by atoms with van der Waals surface area (Å²) in [5.41, 5.74) is 4.60. The molecule has 0 N–H and O–H groups in total. The van der Waals surface area contributed by atoms with Crippen LogP contribution >= 0.6 is 0 Å². The highest BCUT2D eigenvalue weighted by molar-refractivity contribution is 5.58. The van der Waals surface area contributed by atoms with Gasteiger partial charge in [0.25, 0.3) is 0 Å². The minimum atomic E-state index is 0.504. The Labute approximate surface area is 124 Å². The molecule has 2 atom stereocenters. The highest BCUT2D eigenvalue weighted by Gasteiger charge is 2.40. The summed E-state index contributed by atoms with van der Waals surface area (Å²) in [6, 6.07) is 17.4. The molecule has 0 bridgehead atoms. The van der Waals surface area contributed by atoms with E-state index in [4.69, 9.17) is 5.10 Å². The lowest BCUT2D eigenvalue weighted by molar-refractivity contribution is 0.627. The molecule has 0 amide bonds. The molecule has 3 nitrogen and oxygen atoms in total. The maximum Gasteiger partial charge on any atom is 0.0924 e. The highest BCUT2D eigenvalue weighted by Crippen LogP contribution is 2.51. The summed E-state index contributed by atoms with van der Waals surface area (Å²) < 4.78 is 2.11. The van der Waals surface area contributed by atoms with Gasteiger partial charge in [-0.3, -0.25) is 9.67 Å². The molecule has 2 heterocycles. The molecule has 4 rings (SSSR count). The Hall–Kier alpha value is -2.42. The molecule has 1 saturated carbocycles. The zero-order valence-electron chi connectivity index (χ0n) is 12.0. The summed E-state index contributed by atoms with van der Waals surface area (Å²) in [6.45, 7) is 2.01. The van der Waals surface area contributed by atoms with Crippen LogP contribution in [0.3, 0.4) is 0 Å². The van der Waals surface area contributed by atoms with Crippen molar-refractivity contribution in [2.75, 3.05) is 0 Å². The number of rotatable bonds is 3. The third-order valence-corrected chi connectivity index (χ3v) is 4.13. The van der Waals surface area contributed by atoms with Crippen molar-refractivity contribution in [3.8, 4) is 11.3 Å². The van der Waals surface area contributed by atoms with Gasteiger partial charge in [0.1, 0.15) is 0 Å². The van der Waals surface area contributed by atoms with Gasteiger partial charge in [-0.05, 0) is 37.1 Å². The lowest BCUT2D eigenvalue weighted by Crippen LogP contribution is -1.97. The summed E-state index contributed by atoms with van der Waals surface area (Å²) in [5.74, 6) is 0.609. The molecular formula is C18H17N3. The van der Waals surface area contributed by atoms with E-state index in [1.54, 1.807) is 0 Å². The number of nitrogens with zero attached hydrogens (tertiary/aromatic N) is 3. The number of aryl methyl sites for hydroxylation is 1. The predicted octanol–water partition coefficient (Wildman–Crippen LogP) is 3.98. The van der Waals surface area contributed by atoms with E-state index < -0.39 is 0 Å². The van der Waals surface area contributed by atoms with E-state index in [0.29, 0.717) is 12.0 Å². The fraction of sp³-hybridized carbons (Fsp3) is 0.222. The van der Waals surface area contributed by atoms with E-state index >= 15 is 0 Å². The van der Waals surface area contributed by atoms with Crippen LogP contribution in [-0.2, 0) is 0 Å². The molecule has 1 aromatic carbocycles. The molecule has 3 aromatic rings. The minimum Gasteiger partial charge on any atom is -0.268 e. The van der Waals surface area contributed by atoms with Crippen LogP contribution in [0.25, 0.3) is 11.3 Å². The van der Waals surface area contributed by atoms with Crippen molar-refractivity contribution in [3.05, 3.63) is 72.2 Å². The predicted molar refractivity (Wildman–Crippen MR) is 83.0 cm³/mol. The first-order valence-corrected chi connectivity index (χ1v) is 7.34. The quantitative estimate of drug-likeness (QED) is 0.723. The Kier molecular flexibility index (Phi) is 2.85. The van der Waals surface area contributed by atoms with E-state index in [2.05, 4.69) is 58.3 Å². The summed E-state index contributed by atoms with van der Waals surface area (Å²) in [5, 5.41) is 4.75. The molecule has 1 fully saturated rings. The first-order valence-electron chi connectivity index (χ1n) is 7.34. The summed E-state index contributed by atoms with van der Waals surface area (Å²) in [4.78, 5) is 4.24. The van der Waals surface area contributed by atoms with Crippen molar-refractivity contribution in [3.63, 3.8) is 0 Å². The molecule has 1 aliphatic carbocycles. The monoisotopic (exact) mass is 275 g/mol. The van der Waals surface area contributed by atoms with Gasteiger partial charge in [-0.1, -0.05) is 30.3 Å². The minimum absolute atomic E-state index is 0.504. The van der Waals surface area contributed by atoms with Gasteiger partial charge in [-0.15, -0.1) is 0 Å². The van der Waals surface area contributed by atoms with E-state index in [0.717, 1.165) is 17.0 Å². The second-order valence-corrected chi connectivity index (χ2v) is 5.69. The van der Waals surface area contributed by atoms with Gasteiger partial charge >= 0.3 is 0 Å². The third-order valence-electron chi connectivity index (χ3n) is 4.13. The summed E-state index contributed by atoms with van der Waals surface area (Å²) in [6.07, 6.45) is 5.12. The second-order valence-electron chi connectivity index (χ2n) is 5.69. The first-order chi connectivity index (χ1) is 10.3. The van der Waals surface area contributed by atoms with Crippen molar-refractivity contribution in [1.82, 2.24) is 14.8 Å². The van der Waals surface area contributed by atoms with Gasteiger partial charge in [0.2, 0.25) is 0 Å². The largest absolute Gasteiger partial charge is 0.268 e. The Balaban J connectivity index is 1.57. The fourth-order valence-electron chi connectivity index (χ4n) is 2.91. The molecule has 2 aromatic heterocycles.